The summed E-state index contributed by atoms with van der Waals surface area (Å²) < 4.78 is 47.8. The number of nitrogens with one attached hydrogen (secondary N) is 1. The summed E-state index contributed by atoms with van der Waals surface area (Å²) in [6, 6.07) is 7.90. The second-order valence-corrected chi connectivity index (χ2v) is 9.32. The molecule has 10 nitrogen and oxygen atoms in total. The van der Waals surface area contributed by atoms with Gasteiger partial charge in [-0.3, -0.25) is 4.57 Å². The van der Waals surface area contributed by atoms with Crippen LogP contribution in [0.5, 0.6) is 5.88 Å². The van der Waals surface area contributed by atoms with E-state index in [1.807, 2.05) is 0 Å². The summed E-state index contributed by atoms with van der Waals surface area (Å²) in [4.78, 5) is 33.4. The normalized spacial score (nSPS) is 13.8. The molecule has 1 aliphatic carbocycles. The van der Waals surface area contributed by atoms with E-state index in [0.29, 0.717) is 52.2 Å². The number of H-pyrrole nitrogens is 1. The summed E-state index contributed by atoms with van der Waals surface area (Å²) in [7, 11) is 1.52. The Hall–Kier alpha value is -4.55. The van der Waals surface area contributed by atoms with Crippen LogP contribution in [0.15, 0.2) is 47.7 Å². The molecule has 5 aromatic rings. The maximum absolute atomic E-state index is 13.2. The summed E-state index contributed by atoms with van der Waals surface area (Å²) in [5.74, 6) is 1.01. The van der Waals surface area contributed by atoms with Gasteiger partial charge in [0.1, 0.15) is 17.4 Å². The minimum Gasteiger partial charge on any atom is -0.480 e. The van der Waals surface area contributed by atoms with Crippen LogP contribution in [-0.2, 0) is 19.1 Å². The van der Waals surface area contributed by atoms with E-state index in [0.717, 1.165) is 30.2 Å². The summed E-state index contributed by atoms with van der Waals surface area (Å²) in [5, 5.41) is 3.75. The van der Waals surface area contributed by atoms with Gasteiger partial charge >= 0.3 is 11.9 Å². The lowest BCUT2D eigenvalue weighted by Gasteiger charge is -2.11. The molecule has 0 aliphatic heterocycles. The van der Waals surface area contributed by atoms with E-state index in [-0.39, 0.29) is 12.2 Å². The van der Waals surface area contributed by atoms with Crippen LogP contribution in [0.25, 0.3) is 28.2 Å². The number of aryl methyl sites for hydroxylation is 1. The monoisotopic (exact) mass is 536 g/mol. The highest BCUT2D eigenvalue weighted by Crippen LogP contribution is 2.44. The van der Waals surface area contributed by atoms with Gasteiger partial charge in [0.2, 0.25) is 5.88 Å². The third-order valence-corrected chi connectivity index (χ3v) is 6.69. The molecule has 0 unspecified atom stereocenters. The topological polar surface area (TPSA) is 116 Å². The first-order valence-corrected chi connectivity index (χ1v) is 12.4. The van der Waals surface area contributed by atoms with Crippen LogP contribution < -0.4 is 10.4 Å². The molecule has 1 aromatic carbocycles. The van der Waals surface area contributed by atoms with Crippen LogP contribution in [0, 0.1) is 0 Å². The number of halogens is 3. The van der Waals surface area contributed by atoms with E-state index in [4.69, 9.17) is 9.72 Å². The van der Waals surface area contributed by atoms with Crippen molar-refractivity contribution in [3.8, 4) is 23.0 Å². The number of aromatic amines is 1. The van der Waals surface area contributed by atoms with E-state index in [1.54, 1.807) is 37.4 Å². The van der Waals surface area contributed by atoms with E-state index >= 15 is 0 Å². The molecule has 0 saturated heterocycles. The zero-order valence-corrected chi connectivity index (χ0v) is 21.0. The Morgan fingerprint density at radius 2 is 1.90 bits per heavy atom. The first-order chi connectivity index (χ1) is 18.8. The molecule has 0 amide bonds. The first-order valence-electron chi connectivity index (χ1n) is 12.4. The molecule has 4 aromatic heterocycles. The molecular weight excluding hydrogens is 513 g/mol. The third kappa shape index (κ3) is 4.53. The third-order valence-electron chi connectivity index (χ3n) is 6.69. The summed E-state index contributed by atoms with van der Waals surface area (Å²) in [6.45, 7) is 1.95. The average molecular weight is 537 g/mol. The number of fused-ring (bicyclic) bond motifs is 1. The van der Waals surface area contributed by atoms with Gasteiger partial charge in [-0.25, -0.2) is 29.4 Å². The maximum atomic E-state index is 13.2. The van der Waals surface area contributed by atoms with Crippen molar-refractivity contribution in [2.24, 2.45) is 0 Å². The Morgan fingerprint density at radius 3 is 2.56 bits per heavy atom. The molecule has 1 fully saturated rings. The van der Waals surface area contributed by atoms with Gasteiger partial charge < -0.3 is 9.72 Å². The molecule has 200 valence electrons. The Balaban J connectivity index is 1.35. The van der Waals surface area contributed by atoms with Crippen molar-refractivity contribution in [3.63, 3.8) is 0 Å². The molecule has 39 heavy (non-hydrogen) atoms. The zero-order valence-electron chi connectivity index (χ0n) is 21.0. The van der Waals surface area contributed by atoms with Crippen molar-refractivity contribution < 1.29 is 17.9 Å². The fourth-order valence-corrected chi connectivity index (χ4v) is 4.59. The number of aromatic nitrogens is 8. The smallest absolute Gasteiger partial charge is 0.435 e. The van der Waals surface area contributed by atoms with Crippen molar-refractivity contribution in [1.82, 2.24) is 39.3 Å². The Kier molecular flexibility index (Phi) is 5.92. The van der Waals surface area contributed by atoms with E-state index in [1.165, 1.54) is 22.7 Å². The lowest BCUT2D eigenvalue weighted by Crippen LogP contribution is -2.18. The molecule has 1 saturated carbocycles. The van der Waals surface area contributed by atoms with E-state index in [2.05, 4.69) is 25.0 Å². The number of imidazole rings is 1. The molecule has 0 radical (unpaired) electrons. The lowest BCUT2D eigenvalue weighted by molar-refractivity contribution is -0.141. The van der Waals surface area contributed by atoms with Crippen molar-refractivity contribution in [1.29, 1.82) is 0 Å². The molecule has 0 atom stereocenters. The lowest BCUT2D eigenvalue weighted by atomic mass is 10.1. The Bertz CT molecular complexity index is 1730. The molecule has 0 bridgehead atoms. The van der Waals surface area contributed by atoms with Gasteiger partial charge in [-0.1, -0.05) is 19.1 Å². The average Bonchev–Trinajstić information content (AvgIpc) is 3.60. The van der Waals surface area contributed by atoms with Crippen LogP contribution in [-0.4, -0.2) is 46.4 Å². The number of hydrogen-bond acceptors (Lipinski definition) is 7. The van der Waals surface area contributed by atoms with Crippen LogP contribution >= 0.6 is 0 Å². The fraction of sp³-hybridized carbons (Fsp3) is 0.308. The highest BCUT2D eigenvalue weighted by molar-refractivity contribution is 5.75. The molecule has 1 aliphatic rings. The van der Waals surface area contributed by atoms with Crippen molar-refractivity contribution in [2.45, 2.75) is 44.8 Å². The highest BCUT2D eigenvalue weighted by atomic mass is 19.4. The van der Waals surface area contributed by atoms with Crippen molar-refractivity contribution in [2.75, 3.05) is 7.11 Å². The summed E-state index contributed by atoms with van der Waals surface area (Å²) in [5.41, 5.74) is 2.68. The van der Waals surface area contributed by atoms with Gasteiger partial charge in [-0.2, -0.15) is 18.3 Å². The SMILES string of the molecule is CCc1cc(C(F)(F)F)nn1-c1ccc(Cn2c(=O)[nH]c3cnc(-c4c(OC)ncnc4C4CC4)nc32)cc1. The summed E-state index contributed by atoms with van der Waals surface area (Å²) >= 11 is 0. The quantitative estimate of drug-likeness (QED) is 0.330. The van der Waals surface area contributed by atoms with E-state index < -0.39 is 11.9 Å². The minimum absolute atomic E-state index is 0.182. The predicted molar refractivity (Wildman–Crippen MR) is 135 cm³/mol. The van der Waals surface area contributed by atoms with Gasteiger partial charge in [0.15, 0.2) is 17.2 Å². The van der Waals surface area contributed by atoms with Gasteiger partial charge in [0, 0.05) is 11.6 Å². The van der Waals surface area contributed by atoms with E-state index in [9.17, 15) is 18.0 Å². The van der Waals surface area contributed by atoms with Gasteiger partial charge in [0.25, 0.3) is 0 Å². The van der Waals surface area contributed by atoms with Crippen LogP contribution in [0.3, 0.4) is 0 Å². The summed E-state index contributed by atoms with van der Waals surface area (Å²) in [6.07, 6.45) is 0.885. The van der Waals surface area contributed by atoms with Crippen LogP contribution in [0.4, 0.5) is 13.2 Å². The van der Waals surface area contributed by atoms with Crippen LogP contribution in [0.2, 0.25) is 0 Å². The number of alkyl halides is 3. The standard InChI is InChI=1S/C26H23F3N8O2/c1-3-16-10-19(26(27,28)29)35-37(16)17-8-4-14(5-9-17)12-36-23-18(33-25(36)38)11-30-22(34-23)20-21(15-6-7-15)31-13-32-24(20)39-2/h4-5,8-11,13,15H,3,6-7,12H2,1-2H3,(H,33,38). The number of hydrogen-bond donors (Lipinski definition) is 1. The number of methoxy groups -OCH3 is 1. The second-order valence-electron chi connectivity index (χ2n) is 9.32. The molecule has 0 spiro atoms. The van der Waals surface area contributed by atoms with Gasteiger partial charge in [-0.15, -0.1) is 0 Å². The maximum Gasteiger partial charge on any atom is 0.435 e. The predicted octanol–water partition coefficient (Wildman–Crippen LogP) is 4.28. The number of rotatable bonds is 7. The molecule has 13 heteroatoms. The van der Waals surface area contributed by atoms with Crippen molar-refractivity contribution in [3.05, 3.63) is 76.0 Å². The highest BCUT2D eigenvalue weighted by Gasteiger charge is 2.35. The molecular formula is C26H23F3N8O2. The Labute approximate surface area is 219 Å². The van der Waals surface area contributed by atoms with Gasteiger partial charge in [-0.05, 0) is 43.0 Å². The minimum atomic E-state index is -4.53. The van der Waals surface area contributed by atoms with Crippen LogP contribution in [0.1, 0.15) is 48.3 Å². The Morgan fingerprint density at radius 1 is 1.13 bits per heavy atom. The molecule has 4 heterocycles. The second kappa shape index (κ2) is 9.33. The van der Waals surface area contributed by atoms with Gasteiger partial charge in [0.05, 0.1) is 31.2 Å². The largest absolute Gasteiger partial charge is 0.480 e. The van der Waals surface area contributed by atoms with Crippen molar-refractivity contribution >= 4 is 11.2 Å². The molecule has 6 rings (SSSR count). The zero-order chi connectivity index (χ0) is 27.3. The number of benzene rings is 1. The molecule has 1 N–H and O–H groups in total. The fourth-order valence-electron chi connectivity index (χ4n) is 4.59. The number of nitrogens with zero attached hydrogens (tertiary/aromatic N) is 7. The first kappa shape index (κ1) is 24.8. The number of ether oxygens (including phenoxy) is 1.